The van der Waals surface area contributed by atoms with Crippen LogP contribution in [-0.4, -0.2) is 92.8 Å². The first kappa shape index (κ1) is 31.0. The number of epoxide rings is 1. The van der Waals surface area contributed by atoms with E-state index in [9.17, 15) is 34.8 Å². The molecule has 4 aliphatic heterocycles. The fourth-order valence-electron chi connectivity index (χ4n) is 10.0. The van der Waals surface area contributed by atoms with Crippen LogP contribution in [0.25, 0.3) is 0 Å². The molecule has 0 bridgehead atoms. The van der Waals surface area contributed by atoms with E-state index in [0.717, 1.165) is 0 Å². The van der Waals surface area contributed by atoms with Gasteiger partial charge in [-0.05, 0) is 57.9 Å². The summed E-state index contributed by atoms with van der Waals surface area (Å²) in [6.45, 7) is 8.58. The highest BCUT2D eigenvalue weighted by Gasteiger charge is 2.91. The largest absolute Gasteiger partial charge is 0.472 e. The van der Waals surface area contributed by atoms with Gasteiger partial charge in [0.25, 0.3) is 5.79 Å². The molecule has 0 aromatic carbocycles. The minimum Gasteiger partial charge on any atom is -0.472 e. The molecule has 0 amide bonds. The third-order valence-electron chi connectivity index (χ3n) is 12.3. The Balaban J connectivity index is 1.38. The predicted molar refractivity (Wildman–Crippen MR) is 148 cm³/mol. The molecule has 7 rings (SSSR count). The SMILES string of the molecule is CC1(C)OC(=O)C=C[C@]2(C)[C@H]3CC[C@@]4(C)[C@](O[C@@H]5O[C@H](CO)[C@@H](O)[C@H](O)[C@H]5O)(c5ccoc5)OC(=O)[C@H]5O[C@]54[C@]3(C)C(=O)C[C@@H]12. The second-order valence-electron chi connectivity index (χ2n) is 14.6. The molecule has 6 aliphatic rings. The number of cyclic esters (lactones) is 2. The lowest BCUT2D eigenvalue weighted by molar-refractivity contribution is -0.410. The molecule has 0 radical (unpaired) electrons. The van der Waals surface area contributed by atoms with Crippen LogP contribution in [0.5, 0.6) is 0 Å². The number of furan rings is 1. The Morgan fingerprint density at radius 3 is 2.38 bits per heavy atom. The summed E-state index contributed by atoms with van der Waals surface area (Å²) in [5.74, 6) is -4.24. The van der Waals surface area contributed by atoms with Gasteiger partial charge in [-0.25, -0.2) is 9.59 Å². The first-order valence-corrected chi connectivity index (χ1v) is 15.4. The second-order valence-corrected chi connectivity index (χ2v) is 14.6. The number of ketones is 1. The number of Topliss-reactive ketones (excluding diaryl/α,β-unsaturated/α-hetero) is 1. The molecule has 2 aliphatic carbocycles. The zero-order valence-electron chi connectivity index (χ0n) is 25.8. The average Bonchev–Trinajstić information content (AvgIpc) is 3.56. The summed E-state index contributed by atoms with van der Waals surface area (Å²) >= 11 is 0. The molecule has 1 spiro atoms. The Bertz CT molecular complexity index is 1450. The molecule has 3 saturated heterocycles. The summed E-state index contributed by atoms with van der Waals surface area (Å²) in [5.41, 5.74) is -5.45. The Hall–Kier alpha value is -2.65. The van der Waals surface area contributed by atoms with E-state index in [2.05, 4.69) is 0 Å². The first-order chi connectivity index (χ1) is 21.0. The van der Waals surface area contributed by atoms with E-state index < -0.39 is 88.6 Å². The van der Waals surface area contributed by atoms with Crippen molar-refractivity contribution in [3.05, 3.63) is 36.3 Å². The molecule has 1 aromatic heterocycles. The summed E-state index contributed by atoms with van der Waals surface area (Å²) in [4.78, 5) is 41.2. The van der Waals surface area contributed by atoms with Crippen molar-refractivity contribution in [2.75, 3.05) is 6.61 Å². The maximum Gasteiger partial charge on any atom is 0.341 e. The van der Waals surface area contributed by atoms with Crippen LogP contribution in [0.1, 0.15) is 59.4 Å². The molecule has 13 nitrogen and oxygen atoms in total. The average molecular weight is 633 g/mol. The van der Waals surface area contributed by atoms with Crippen LogP contribution in [0.15, 0.2) is 35.2 Å². The summed E-state index contributed by atoms with van der Waals surface area (Å²) in [6, 6.07) is 1.53. The Morgan fingerprint density at radius 1 is 0.978 bits per heavy atom. The van der Waals surface area contributed by atoms with Crippen molar-refractivity contribution in [2.45, 2.75) is 108 Å². The van der Waals surface area contributed by atoms with Gasteiger partial charge in [-0.3, -0.25) is 4.79 Å². The van der Waals surface area contributed by atoms with Gasteiger partial charge in [0.15, 0.2) is 12.4 Å². The van der Waals surface area contributed by atoms with Crippen molar-refractivity contribution in [1.82, 2.24) is 0 Å². The van der Waals surface area contributed by atoms with E-state index in [0.29, 0.717) is 6.42 Å². The van der Waals surface area contributed by atoms with Crippen molar-refractivity contribution < 1.29 is 62.9 Å². The quantitative estimate of drug-likeness (QED) is 0.270. The van der Waals surface area contributed by atoms with E-state index in [1.807, 2.05) is 33.8 Å². The number of ether oxygens (including phenoxy) is 5. The minimum absolute atomic E-state index is 0.0589. The first-order valence-electron chi connectivity index (χ1n) is 15.4. The number of carbonyl (C=O) groups is 3. The number of hydrogen-bond acceptors (Lipinski definition) is 13. The number of fused-ring (bicyclic) bond motifs is 3. The summed E-state index contributed by atoms with van der Waals surface area (Å²) < 4.78 is 36.0. The minimum atomic E-state index is -2.07. The highest BCUT2D eigenvalue weighted by molar-refractivity contribution is 5.93. The van der Waals surface area contributed by atoms with Gasteiger partial charge in [0.2, 0.25) is 0 Å². The maximum absolute atomic E-state index is 14.7. The fraction of sp³-hybridized carbons (Fsp3) is 0.719. The van der Waals surface area contributed by atoms with Gasteiger partial charge in [0, 0.05) is 18.4 Å². The van der Waals surface area contributed by atoms with Crippen LogP contribution < -0.4 is 0 Å². The zero-order chi connectivity index (χ0) is 32.5. The normalized spacial score (nSPS) is 51.5. The fourth-order valence-corrected chi connectivity index (χ4v) is 10.0. The molecular formula is C32H40O13. The van der Waals surface area contributed by atoms with Crippen molar-refractivity contribution in [1.29, 1.82) is 0 Å². The number of allylic oxidation sites excluding steroid dienone is 1. The number of aliphatic hydroxyl groups excluding tert-OH is 4. The molecular weight excluding hydrogens is 592 g/mol. The number of esters is 2. The van der Waals surface area contributed by atoms with E-state index >= 15 is 0 Å². The number of hydrogen-bond donors (Lipinski definition) is 4. The molecule has 246 valence electrons. The van der Waals surface area contributed by atoms with Gasteiger partial charge in [0.1, 0.15) is 47.7 Å². The molecule has 45 heavy (non-hydrogen) atoms. The van der Waals surface area contributed by atoms with Crippen molar-refractivity contribution in [2.24, 2.45) is 28.1 Å². The maximum atomic E-state index is 14.7. The van der Waals surface area contributed by atoms with Crippen LogP contribution in [-0.2, 0) is 43.9 Å². The third-order valence-corrected chi connectivity index (χ3v) is 12.3. The topological polar surface area (TPSA) is 195 Å². The number of carbonyl (C=O) groups excluding carboxylic acids is 3. The predicted octanol–water partition coefficient (Wildman–Crippen LogP) is 0.853. The number of rotatable bonds is 4. The molecule has 4 N–H and O–H groups in total. The Labute approximate surface area is 259 Å². The summed E-state index contributed by atoms with van der Waals surface area (Å²) in [7, 11) is 0. The zero-order valence-corrected chi connectivity index (χ0v) is 25.8. The van der Waals surface area contributed by atoms with Crippen LogP contribution >= 0.6 is 0 Å². The van der Waals surface area contributed by atoms with Crippen molar-refractivity contribution in [3.63, 3.8) is 0 Å². The number of aliphatic hydroxyl groups is 4. The Kier molecular flexibility index (Phi) is 6.51. The third kappa shape index (κ3) is 3.60. The van der Waals surface area contributed by atoms with Gasteiger partial charge in [0.05, 0.1) is 29.3 Å². The van der Waals surface area contributed by atoms with E-state index in [1.165, 1.54) is 24.7 Å². The highest BCUT2D eigenvalue weighted by atomic mass is 16.8. The smallest absolute Gasteiger partial charge is 0.341 e. The monoisotopic (exact) mass is 632 g/mol. The lowest BCUT2D eigenvalue weighted by Crippen LogP contribution is -2.75. The molecule has 5 heterocycles. The lowest BCUT2D eigenvalue weighted by atomic mass is 9.37. The molecule has 13 atom stereocenters. The molecule has 2 saturated carbocycles. The van der Waals surface area contributed by atoms with Gasteiger partial charge in [-0.15, -0.1) is 0 Å². The molecule has 13 heteroatoms. The molecule has 1 aromatic rings. The van der Waals surface area contributed by atoms with Crippen LogP contribution in [0, 0.1) is 28.1 Å². The van der Waals surface area contributed by atoms with Gasteiger partial charge in [-0.2, -0.15) is 0 Å². The van der Waals surface area contributed by atoms with Crippen LogP contribution in [0.3, 0.4) is 0 Å². The van der Waals surface area contributed by atoms with E-state index in [-0.39, 0.29) is 36.0 Å². The molecule has 5 fully saturated rings. The van der Waals surface area contributed by atoms with Crippen LogP contribution in [0.2, 0.25) is 0 Å². The highest BCUT2D eigenvalue weighted by Crippen LogP contribution is 2.79. The summed E-state index contributed by atoms with van der Waals surface area (Å²) in [5, 5.41) is 41.8. The lowest BCUT2D eigenvalue weighted by Gasteiger charge is -2.66. The summed E-state index contributed by atoms with van der Waals surface area (Å²) in [6.07, 6.45) is -2.57. The van der Waals surface area contributed by atoms with E-state index in [1.54, 1.807) is 6.92 Å². The molecule has 0 unspecified atom stereocenters. The van der Waals surface area contributed by atoms with Crippen LogP contribution in [0.4, 0.5) is 0 Å². The standard InChI is InChI=1S/C32H40O13/c1-27(2)18-12-19(34)30(5)17(28(18,3)9-7-20(35)42-27)6-10-29(4)31(30)24(43-31)25(39)44-32(29,15-8-11-40-14-15)45-26-23(38)22(37)21(36)16(13-33)41-26/h7-9,11,14,16-18,21-24,26,33,36-38H,6,10,12-13H2,1-5H3/t16-,17-,18+,21-,22+,23-,24-,26+,28-,29-,30+,31-,32-/m1/s1. The Morgan fingerprint density at radius 2 is 1.71 bits per heavy atom. The second kappa shape index (κ2) is 9.46. The van der Waals surface area contributed by atoms with Crippen molar-refractivity contribution >= 4 is 17.7 Å². The van der Waals surface area contributed by atoms with E-state index in [4.69, 9.17) is 28.1 Å². The van der Waals surface area contributed by atoms with Gasteiger partial charge >= 0.3 is 11.9 Å². The van der Waals surface area contributed by atoms with Crippen molar-refractivity contribution in [3.8, 4) is 0 Å². The van der Waals surface area contributed by atoms with Gasteiger partial charge < -0.3 is 48.5 Å². The van der Waals surface area contributed by atoms with Gasteiger partial charge in [-0.1, -0.05) is 13.0 Å².